The summed E-state index contributed by atoms with van der Waals surface area (Å²) in [4.78, 5) is 34.0. The second kappa shape index (κ2) is 9.69. The molecule has 0 spiro atoms. The van der Waals surface area contributed by atoms with Crippen molar-refractivity contribution in [3.63, 3.8) is 0 Å². The molecule has 1 fully saturated rings. The molecule has 4 aromatic rings. The lowest BCUT2D eigenvalue weighted by Gasteiger charge is -2.37. The number of aromatic amines is 1. The fourth-order valence-corrected chi connectivity index (χ4v) is 5.08. The zero-order valence-corrected chi connectivity index (χ0v) is 19.4. The van der Waals surface area contributed by atoms with Crippen molar-refractivity contribution in [2.75, 3.05) is 31.1 Å². The highest BCUT2D eigenvalue weighted by molar-refractivity contribution is 7.12. The third kappa shape index (κ3) is 4.54. The average Bonchev–Trinajstić information content (AvgIpc) is 3.55. The topological polar surface area (TPSA) is 68.4 Å². The van der Waals surface area contributed by atoms with Crippen LogP contribution in [-0.4, -0.2) is 53.9 Å². The molecule has 1 atom stereocenters. The van der Waals surface area contributed by atoms with Gasteiger partial charge in [-0.2, -0.15) is 0 Å². The van der Waals surface area contributed by atoms with E-state index in [1.165, 1.54) is 17.4 Å². The molecule has 2 N–H and O–H groups in total. The summed E-state index contributed by atoms with van der Waals surface area (Å²) in [5, 5.41) is 5.84. The summed E-state index contributed by atoms with van der Waals surface area (Å²) in [7, 11) is 0. The smallest absolute Gasteiger partial charge is 0.262 e. The molecule has 0 bridgehead atoms. The van der Waals surface area contributed by atoms with Gasteiger partial charge >= 0.3 is 0 Å². The van der Waals surface area contributed by atoms with Gasteiger partial charge in [0.25, 0.3) is 5.91 Å². The summed E-state index contributed by atoms with van der Waals surface area (Å²) in [5.41, 5.74) is 2.52. The number of anilines is 1. The van der Waals surface area contributed by atoms with Gasteiger partial charge in [0, 0.05) is 49.7 Å². The van der Waals surface area contributed by atoms with E-state index >= 15 is 0 Å². The van der Waals surface area contributed by atoms with Crippen LogP contribution in [0.5, 0.6) is 0 Å². The van der Waals surface area contributed by atoms with Gasteiger partial charge < -0.3 is 20.1 Å². The number of thiophene rings is 1. The Morgan fingerprint density at radius 1 is 1.00 bits per heavy atom. The number of fused-ring (bicyclic) bond motifs is 1. The van der Waals surface area contributed by atoms with Gasteiger partial charge in [0.2, 0.25) is 5.91 Å². The van der Waals surface area contributed by atoms with Gasteiger partial charge in [-0.3, -0.25) is 9.59 Å². The van der Waals surface area contributed by atoms with Gasteiger partial charge in [0.05, 0.1) is 10.6 Å². The van der Waals surface area contributed by atoms with Crippen molar-refractivity contribution in [1.82, 2.24) is 15.2 Å². The maximum absolute atomic E-state index is 14.2. The van der Waals surface area contributed by atoms with Crippen LogP contribution in [0.15, 0.2) is 72.2 Å². The number of H-pyrrole nitrogens is 1. The number of carbonyl (C=O) groups is 2. The normalized spacial score (nSPS) is 14.9. The van der Waals surface area contributed by atoms with E-state index in [4.69, 9.17) is 0 Å². The maximum atomic E-state index is 14.2. The first kappa shape index (κ1) is 22.2. The standard InChI is InChI=1S/C26H25FN4O2S/c27-20-7-2-4-9-23(20)30-11-13-31(14-12-30)26(33)22(29-25(32)24-10-5-15-34-24)16-18-17-28-21-8-3-1-6-19(18)21/h1-10,15,17,22,28H,11-14,16H2,(H,29,32)/t22-/m1/s1. The Bertz CT molecular complexity index is 1300. The number of amides is 2. The van der Waals surface area contributed by atoms with Gasteiger partial charge in [-0.25, -0.2) is 4.39 Å². The first-order chi connectivity index (χ1) is 16.6. The molecular formula is C26H25FN4O2S. The van der Waals surface area contributed by atoms with Gasteiger partial charge in [-0.15, -0.1) is 11.3 Å². The second-order valence-electron chi connectivity index (χ2n) is 8.33. The minimum absolute atomic E-state index is 0.122. The summed E-state index contributed by atoms with van der Waals surface area (Å²) in [6.45, 7) is 2.00. The van der Waals surface area contributed by atoms with E-state index < -0.39 is 6.04 Å². The summed E-state index contributed by atoms with van der Waals surface area (Å²) in [6.07, 6.45) is 2.28. The first-order valence-electron chi connectivity index (χ1n) is 11.3. The lowest BCUT2D eigenvalue weighted by molar-refractivity contribution is -0.133. The fourth-order valence-electron chi connectivity index (χ4n) is 4.45. The minimum atomic E-state index is -0.700. The van der Waals surface area contributed by atoms with Crippen LogP contribution in [0.2, 0.25) is 0 Å². The predicted octanol–water partition coefficient (Wildman–Crippen LogP) is 4.06. The van der Waals surface area contributed by atoms with Crippen LogP contribution in [0.3, 0.4) is 0 Å². The molecule has 3 heterocycles. The molecule has 0 radical (unpaired) electrons. The number of nitrogens with zero attached hydrogens (tertiary/aromatic N) is 2. The highest BCUT2D eigenvalue weighted by atomic mass is 32.1. The number of hydrogen-bond donors (Lipinski definition) is 2. The Labute approximate surface area is 201 Å². The number of carbonyl (C=O) groups excluding carboxylic acids is 2. The number of benzene rings is 2. The third-order valence-corrected chi connectivity index (χ3v) is 7.10. The Hall–Kier alpha value is -3.65. The lowest BCUT2D eigenvalue weighted by Crippen LogP contribution is -2.55. The summed E-state index contributed by atoms with van der Waals surface area (Å²) in [6, 6.07) is 17.5. The molecule has 8 heteroatoms. The van der Waals surface area contributed by atoms with Gasteiger partial charge in [-0.1, -0.05) is 36.4 Å². The highest BCUT2D eigenvalue weighted by Crippen LogP contribution is 2.22. The zero-order chi connectivity index (χ0) is 23.5. The number of rotatable bonds is 6. The molecule has 2 aromatic carbocycles. The lowest BCUT2D eigenvalue weighted by atomic mass is 10.0. The van der Waals surface area contributed by atoms with E-state index in [-0.39, 0.29) is 17.6 Å². The number of piperazine rings is 1. The summed E-state index contributed by atoms with van der Waals surface area (Å²) >= 11 is 1.34. The highest BCUT2D eigenvalue weighted by Gasteiger charge is 2.30. The van der Waals surface area contributed by atoms with Crippen molar-refractivity contribution in [3.05, 3.63) is 88.5 Å². The first-order valence-corrected chi connectivity index (χ1v) is 12.2. The van der Waals surface area contributed by atoms with Crippen molar-refractivity contribution in [3.8, 4) is 0 Å². The van der Waals surface area contributed by atoms with Crippen LogP contribution in [0.25, 0.3) is 10.9 Å². The van der Waals surface area contributed by atoms with E-state index in [0.29, 0.717) is 43.2 Å². The predicted molar refractivity (Wildman–Crippen MR) is 133 cm³/mol. The monoisotopic (exact) mass is 476 g/mol. The average molecular weight is 477 g/mol. The minimum Gasteiger partial charge on any atom is -0.366 e. The van der Waals surface area contributed by atoms with Crippen LogP contribution in [0, 0.1) is 5.82 Å². The van der Waals surface area contributed by atoms with Crippen molar-refractivity contribution in [1.29, 1.82) is 0 Å². The van der Waals surface area contributed by atoms with Crippen LogP contribution in [0.4, 0.5) is 10.1 Å². The Balaban J connectivity index is 1.33. The van der Waals surface area contributed by atoms with E-state index in [1.807, 2.05) is 52.9 Å². The van der Waals surface area contributed by atoms with Crippen LogP contribution >= 0.6 is 11.3 Å². The number of aromatic nitrogens is 1. The molecule has 1 aliphatic rings. The molecule has 0 saturated carbocycles. The Morgan fingerprint density at radius 2 is 1.76 bits per heavy atom. The molecule has 2 amide bonds. The zero-order valence-electron chi connectivity index (χ0n) is 18.5. The van der Waals surface area contributed by atoms with Crippen LogP contribution < -0.4 is 10.2 Å². The fraction of sp³-hybridized carbons (Fsp3) is 0.231. The largest absolute Gasteiger partial charge is 0.366 e. The molecule has 0 aliphatic carbocycles. The summed E-state index contributed by atoms with van der Waals surface area (Å²) < 4.78 is 14.2. The molecule has 0 unspecified atom stereocenters. The third-order valence-electron chi connectivity index (χ3n) is 6.23. The molecule has 174 valence electrons. The number of halogens is 1. The molecule has 5 rings (SSSR count). The Kier molecular flexibility index (Phi) is 6.31. The molecule has 34 heavy (non-hydrogen) atoms. The van der Waals surface area contributed by atoms with Crippen LogP contribution in [0.1, 0.15) is 15.2 Å². The van der Waals surface area contributed by atoms with Gasteiger partial charge in [-0.05, 0) is 35.2 Å². The van der Waals surface area contributed by atoms with Gasteiger partial charge in [0.1, 0.15) is 11.9 Å². The summed E-state index contributed by atoms with van der Waals surface area (Å²) in [5.74, 6) is -0.635. The molecular weight excluding hydrogens is 451 g/mol. The van der Waals surface area contributed by atoms with E-state index in [0.717, 1.165) is 16.5 Å². The number of nitrogens with one attached hydrogen (secondary N) is 2. The number of para-hydroxylation sites is 2. The van der Waals surface area contributed by atoms with E-state index in [2.05, 4.69) is 10.3 Å². The number of hydrogen-bond acceptors (Lipinski definition) is 4. The van der Waals surface area contributed by atoms with Crippen molar-refractivity contribution >= 4 is 39.7 Å². The van der Waals surface area contributed by atoms with Gasteiger partial charge in [0.15, 0.2) is 0 Å². The van der Waals surface area contributed by atoms with Crippen molar-refractivity contribution in [2.45, 2.75) is 12.5 Å². The van der Waals surface area contributed by atoms with Crippen LogP contribution in [-0.2, 0) is 11.2 Å². The quantitative estimate of drug-likeness (QED) is 0.441. The maximum Gasteiger partial charge on any atom is 0.262 e. The SMILES string of the molecule is O=C(N[C@H](Cc1c[nH]c2ccccc12)C(=O)N1CCN(c2ccccc2F)CC1)c1cccs1. The molecule has 2 aromatic heterocycles. The van der Waals surface area contributed by atoms with Crippen molar-refractivity contribution < 1.29 is 14.0 Å². The molecule has 6 nitrogen and oxygen atoms in total. The Morgan fingerprint density at radius 3 is 2.53 bits per heavy atom. The molecule has 1 saturated heterocycles. The second-order valence-corrected chi connectivity index (χ2v) is 9.28. The molecule has 1 aliphatic heterocycles. The van der Waals surface area contributed by atoms with E-state index in [9.17, 15) is 14.0 Å². The van der Waals surface area contributed by atoms with E-state index in [1.54, 1.807) is 23.1 Å². The van der Waals surface area contributed by atoms with Crippen molar-refractivity contribution in [2.24, 2.45) is 0 Å².